The van der Waals surface area contributed by atoms with Crippen LogP contribution in [-0.2, 0) is 20.8 Å². The molecule has 2 amide bonds. The van der Waals surface area contributed by atoms with Crippen LogP contribution in [0.15, 0.2) is 30.3 Å². The number of piperidine rings is 1. The molecule has 1 aliphatic carbocycles. The summed E-state index contributed by atoms with van der Waals surface area (Å²) in [6.45, 7) is 1.10. The van der Waals surface area contributed by atoms with Crippen LogP contribution in [0.4, 0.5) is 0 Å². The van der Waals surface area contributed by atoms with Crippen LogP contribution in [0.2, 0.25) is 0 Å². The van der Waals surface area contributed by atoms with E-state index in [0.717, 1.165) is 24.8 Å². The Morgan fingerprint density at radius 1 is 1.12 bits per heavy atom. The number of carboxylic acid groups (broad SMARTS) is 1. The van der Waals surface area contributed by atoms with Gasteiger partial charge in [-0.15, -0.1) is 0 Å². The van der Waals surface area contributed by atoms with Gasteiger partial charge >= 0.3 is 5.97 Å². The molecular formula is C19H24N2O4. The molecule has 1 aromatic rings. The van der Waals surface area contributed by atoms with Crippen LogP contribution >= 0.6 is 0 Å². The van der Waals surface area contributed by atoms with Crippen molar-refractivity contribution in [2.75, 3.05) is 13.1 Å². The molecule has 1 heterocycles. The maximum absolute atomic E-state index is 12.5. The molecule has 0 radical (unpaired) electrons. The largest absolute Gasteiger partial charge is 0.480 e. The van der Waals surface area contributed by atoms with Gasteiger partial charge in [0.2, 0.25) is 11.8 Å². The number of hydrogen-bond donors (Lipinski definition) is 2. The number of amides is 2. The van der Waals surface area contributed by atoms with Crippen LogP contribution in [0.1, 0.15) is 31.2 Å². The number of likely N-dealkylation sites (tertiary alicyclic amines) is 1. The van der Waals surface area contributed by atoms with E-state index in [2.05, 4.69) is 5.32 Å². The summed E-state index contributed by atoms with van der Waals surface area (Å²) in [5.41, 5.74) is 0.865. The summed E-state index contributed by atoms with van der Waals surface area (Å²) in [6, 6.07) is 8.30. The average Bonchev–Trinajstić information content (AvgIpc) is 3.46. The Balaban J connectivity index is 1.58. The third-order valence-corrected chi connectivity index (χ3v) is 4.93. The molecule has 0 bridgehead atoms. The zero-order valence-electron chi connectivity index (χ0n) is 14.2. The molecule has 2 fully saturated rings. The lowest BCUT2D eigenvalue weighted by Gasteiger charge is -2.32. The van der Waals surface area contributed by atoms with Crippen LogP contribution < -0.4 is 5.32 Å². The van der Waals surface area contributed by atoms with Gasteiger partial charge in [-0.3, -0.25) is 9.59 Å². The summed E-state index contributed by atoms with van der Waals surface area (Å²) in [5.74, 6) is -1.34. The summed E-state index contributed by atoms with van der Waals surface area (Å²) >= 11 is 0. The van der Waals surface area contributed by atoms with E-state index in [1.807, 2.05) is 30.3 Å². The number of aliphatic carboxylic acids is 1. The Hall–Kier alpha value is -2.37. The van der Waals surface area contributed by atoms with Gasteiger partial charge < -0.3 is 15.3 Å². The van der Waals surface area contributed by atoms with Gasteiger partial charge in [0.15, 0.2) is 0 Å². The summed E-state index contributed by atoms with van der Waals surface area (Å²) in [5, 5.41) is 12.1. The van der Waals surface area contributed by atoms with E-state index in [0.29, 0.717) is 19.5 Å². The van der Waals surface area contributed by atoms with E-state index >= 15 is 0 Å². The summed E-state index contributed by atoms with van der Waals surface area (Å²) in [6.07, 6.45) is 3.62. The van der Waals surface area contributed by atoms with E-state index in [1.165, 1.54) is 0 Å². The van der Waals surface area contributed by atoms with E-state index in [-0.39, 0.29) is 30.1 Å². The summed E-state index contributed by atoms with van der Waals surface area (Å²) in [7, 11) is 0. The van der Waals surface area contributed by atoms with E-state index in [4.69, 9.17) is 0 Å². The number of nitrogens with one attached hydrogen (secondary N) is 1. The molecular weight excluding hydrogens is 320 g/mol. The van der Waals surface area contributed by atoms with Crippen molar-refractivity contribution >= 4 is 17.8 Å². The number of carboxylic acids is 1. The number of benzene rings is 1. The predicted molar refractivity (Wildman–Crippen MR) is 91.7 cm³/mol. The molecule has 1 saturated carbocycles. The number of hydrogen-bond acceptors (Lipinski definition) is 3. The lowest BCUT2D eigenvalue weighted by Crippen LogP contribution is -2.50. The lowest BCUT2D eigenvalue weighted by atomic mass is 9.95. The van der Waals surface area contributed by atoms with Gasteiger partial charge in [0.1, 0.15) is 6.04 Å². The summed E-state index contributed by atoms with van der Waals surface area (Å²) < 4.78 is 0. The van der Waals surface area contributed by atoms with Crippen LogP contribution in [0, 0.1) is 11.8 Å². The van der Waals surface area contributed by atoms with Crippen LogP contribution in [-0.4, -0.2) is 46.9 Å². The fourth-order valence-electron chi connectivity index (χ4n) is 3.32. The van der Waals surface area contributed by atoms with Crippen molar-refractivity contribution in [1.29, 1.82) is 0 Å². The minimum atomic E-state index is -1.04. The average molecular weight is 344 g/mol. The SMILES string of the molecule is O=C(N[C@@H](Cc1ccccc1)C(=O)O)C1CCCN(C(=O)C2CC2)C1. The Morgan fingerprint density at radius 2 is 1.84 bits per heavy atom. The second-order valence-corrected chi connectivity index (χ2v) is 6.99. The molecule has 0 aromatic heterocycles. The number of carbonyl (C=O) groups is 3. The monoisotopic (exact) mass is 344 g/mol. The van der Waals surface area contributed by atoms with Crippen molar-refractivity contribution in [3.05, 3.63) is 35.9 Å². The first-order chi connectivity index (χ1) is 12.0. The van der Waals surface area contributed by atoms with Crippen molar-refractivity contribution < 1.29 is 19.5 Å². The Labute approximate surface area is 147 Å². The molecule has 3 rings (SSSR count). The fourth-order valence-corrected chi connectivity index (χ4v) is 3.32. The predicted octanol–water partition coefficient (Wildman–Crippen LogP) is 1.45. The van der Waals surface area contributed by atoms with Gasteiger partial charge in [-0.2, -0.15) is 0 Å². The highest BCUT2D eigenvalue weighted by molar-refractivity contribution is 5.86. The van der Waals surface area contributed by atoms with Gasteiger partial charge in [0.25, 0.3) is 0 Å². The molecule has 2 N–H and O–H groups in total. The Bertz CT molecular complexity index is 642. The van der Waals surface area contributed by atoms with Crippen LogP contribution in [0.5, 0.6) is 0 Å². The molecule has 1 unspecified atom stereocenters. The van der Waals surface area contributed by atoms with Crippen LogP contribution in [0.25, 0.3) is 0 Å². The fraction of sp³-hybridized carbons (Fsp3) is 0.526. The van der Waals surface area contributed by atoms with Crippen molar-refractivity contribution in [2.24, 2.45) is 11.8 Å². The van der Waals surface area contributed by atoms with Crippen molar-refractivity contribution in [3.8, 4) is 0 Å². The van der Waals surface area contributed by atoms with Gasteiger partial charge in [-0.05, 0) is 31.2 Å². The Morgan fingerprint density at radius 3 is 2.48 bits per heavy atom. The number of nitrogens with zero attached hydrogens (tertiary/aromatic N) is 1. The maximum Gasteiger partial charge on any atom is 0.326 e. The highest BCUT2D eigenvalue weighted by Gasteiger charge is 2.37. The molecule has 1 aliphatic heterocycles. The highest BCUT2D eigenvalue weighted by atomic mass is 16.4. The van der Waals surface area contributed by atoms with E-state index in [1.54, 1.807) is 4.90 Å². The molecule has 6 heteroatoms. The molecule has 25 heavy (non-hydrogen) atoms. The molecule has 134 valence electrons. The second kappa shape index (κ2) is 7.68. The smallest absolute Gasteiger partial charge is 0.326 e. The maximum atomic E-state index is 12.5. The number of rotatable bonds is 6. The van der Waals surface area contributed by atoms with Crippen molar-refractivity contribution in [1.82, 2.24) is 10.2 Å². The Kier molecular flexibility index (Phi) is 5.36. The lowest BCUT2D eigenvalue weighted by molar-refractivity contribution is -0.144. The quantitative estimate of drug-likeness (QED) is 0.818. The molecule has 1 aromatic carbocycles. The topological polar surface area (TPSA) is 86.7 Å². The standard InChI is InChI=1S/C19H24N2O4/c22-17(15-7-4-10-21(12-15)18(23)14-8-9-14)20-16(19(24)25)11-13-5-2-1-3-6-13/h1-3,5-6,14-16H,4,7-12H2,(H,20,22)(H,24,25)/t15?,16-/m0/s1. The molecule has 0 spiro atoms. The first-order valence-electron chi connectivity index (χ1n) is 8.90. The zero-order chi connectivity index (χ0) is 17.8. The van der Waals surface area contributed by atoms with Crippen molar-refractivity contribution in [2.45, 2.75) is 38.1 Å². The van der Waals surface area contributed by atoms with Crippen LogP contribution in [0.3, 0.4) is 0 Å². The summed E-state index contributed by atoms with van der Waals surface area (Å²) in [4.78, 5) is 38.0. The third-order valence-electron chi connectivity index (χ3n) is 4.93. The minimum absolute atomic E-state index is 0.145. The van der Waals surface area contributed by atoms with Gasteiger partial charge in [0.05, 0.1) is 5.92 Å². The molecule has 1 saturated heterocycles. The molecule has 2 aliphatic rings. The zero-order valence-corrected chi connectivity index (χ0v) is 14.2. The van der Waals surface area contributed by atoms with E-state index < -0.39 is 12.0 Å². The minimum Gasteiger partial charge on any atom is -0.480 e. The van der Waals surface area contributed by atoms with Gasteiger partial charge in [0, 0.05) is 25.4 Å². The molecule has 2 atom stereocenters. The first-order valence-corrected chi connectivity index (χ1v) is 8.90. The molecule has 6 nitrogen and oxygen atoms in total. The van der Waals surface area contributed by atoms with E-state index in [9.17, 15) is 19.5 Å². The first kappa shape index (κ1) is 17.5. The highest BCUT2D eigenvalue weighted by Crippen LogP contribution is 2.32. The second-order valence-electron chi connectivity index (χ2n) is 6.99. The van der Waals surface area contributed by atoms with Gasteiger partial charge in [-0.1, -0.05) is 30.3 Å². The van der Waals surface area contributed by atoms with Gasteiger partial charge in [-0.25, -0.2) is 4.79 Å². The normalized spacial score (nSPS) is 21.4. The third kappa shape index (κ3) is 4.59. The van der Waals surface area contributed by atoms with Crippen molar-refractivity contribution in [3.63, 3.8) is 0 Å². The number of carbonyl (C=O) groups excluding carboxylic acids is 2.